The molecule has 0 saturated heterocycles. The highest BCUT2D eigenvalue weighted by molar-refractivity contribution is 5.16. The standard InChI is InChI=1S/C14H27NO/c1-4-14(3,16-5-2)13(15)12-10-8-6-7-9-11-12/h10,13H,4-9,11,15H2,1-3H3. The van der Waals surface area contributed by atoms with E-state index in [1.165, 1.54) is 31.3 Å². The van der Waals surface area contributed by atoms with Gasteiger partial charge in [-0.3, -0.25) is 0 Å². The van der Waals surface area contributed by atoms with E-state index in [1.54, 1.807) is 0 Å². The van der Waals surface area contributed by atoms with Crippen molar-refractivity contribution in [3.8, 4) is 0 Å². The summed E-state index contributed by atoms with van der Waals surface area (Å²) in [5, 5.41) is 0. The van der Waals surface area contributed by atoms with Crippen LogP contribution in [0.15, 0.2) is 11.6 Å². The van der Waals surface area contributed by atoms with Crippen molar-refractivity contribution >= 4 is 0 Å². The minimum absolute atomic E-state index is 0.0653. The highest BCUT2D eigenvalue weighted by Crippen LogP contribution is 2.28. The van der Waals surface area contributed by atoms with Gasteiger partial charge in [0.25, 0.3) is 0 Å². The molecule has 0 fully saturated rings. The fraction of sp³-hybridized carbons (Fsp3) is 0.857. The van der Waals surface area contributed by atoms with Gasteiger partial charge in [-0.05, 0) is 46.0 Å². The molecule has 2 unspecified atom stereocenters. The van der Waals surface area contributed by atoms with Gasteiger partial charge < -0.3 is 10.5 Å². The summed E-state index contributed by atoms with van der Waals surface area (Å²) in [5.41, 5.74) is 7.62. The predicted molar refractivity (Wildman–Crippen MR) is 69.5 cm³/mol. The van der Waals surface area contributed by atoms with Crippen LogP contribution in [0, 0.1) is 0 Å². The fourth-order valence-electron chi connectivity index (χ4n) is 2.46. The Bertz CT molecular complexity index is 237. The molecule has 0 aromatic carbocycles. The Morgan fingerprint density at radius 2 is 2.12 bits per heavy atom. The monoisotopic (exact) mass is 225 g/mol. The van der Waals surface area contributed by atoms with E-state index in [9.17, 15) is 0 Å². The number of ether oxygens (including phenoxy) is 1. The first-order valence-corrected chi connectivity index (χ1v) is 6.72. The summed E-state index contributed by atoms with van der Waals surface area (Å²) < 4.78 is 5.87. The van der Waals surface area contributed by atoms with E-state index in [0.29, 0.717) is 0 Å². The number of nitrogens with two attached hydrogens (primary N) is 1. The van der Waals surface area contributed by atoms with E-state index in [4.69, 9.17) is 10.5 Å². The maximum absolute atomic E-state index is 6.40. The zero-order valence-corrected chi connectivity index (χ0v) is 11.1. The van der Waals surface area contributed by atoms with Gasteiger partial charge in [0.2, 0.25) is 0 Å². The van der Waals surface area contributed by atoms with Gasteiger partial charge in [0.05, 0.1) is 11.6 Å². The van der Waals surface area contributed by atoms with Crippen LogP contribution in [0.2, 0.25) is 0 Å². The predicted octanol–water partition coefficient (Wildman–Crippen LogP) is 3.41. The number of hydrogen-bond acceptors (Lipinski definition) is 2. The molecule has 0 bridgehead atoms. The first-order chi connectivity index (χ1) is 7.64. The highest BCUT2D eigenvalue weighted by Gasteiger charge is 2.32. The van der Waals surface area contributed by atoms with Crippen molar-refractivity contribution in [3.05, 3.63) is 11.6 Å². The molecule has 2 heteroatoms. The van der Waals surface area contributed by atoms with Gasteiger partial charge in [-0.1, -0.05) is 25.0 Å². The molecular weight excluding hydrogens is 198 g/mol. The smallest absolute Gasteiger partial charge is 0.0840 e. The molecule has 94 valence electrons. The maximum Gasteiger partial charge on any atom is 0.0840 e. The van der Waals surface area contributed by atoms with Crippen molar-refractivity contribution in [2.24, 2.45) is 5.73 Å². The average Bonchev–Trinajstić information content (AvgIpc) is 2.56. The number of rotatable bonds is 5. The molecule has 0 saturated carbocycles. The molecule has 1 aliphatic rings. The summed E-state index contributed by atoms with van der Waals surface area (Å²) in [6.45, 7) is 7.09. The van der Waals surface area contributed by atoms with Crippen LogP contribution in [-0.2, 0) is 4.74 Å². The van der Waals surface area contributed by atoms with Crippen LogP contribution in [0.5, 0.6) is 0 Å². The minimum atomic E-state index is -0.190. The molecule has 1 rings (SSSR count). The normalized spacial score (nSPS) is 23.1. The Morgan fingerprint density at radius 1 is 1.38 bits per heavy atom. The summed E-state index contributed by atoms with van der Waals surface area (Å²) in [6.07, 6.45) is 9.60. The van der Waals surface area contributed by atoms with Gasteiger partial charge in [0.1, 0.15) is 0 Å². The largest absolute Gasteiger partial charge is 0.374 e. The molecule has 2 nitrogen and oxygen atoms in total. The van der Waals surface area contributed by atoms with E-state index in [1.807, 2.05) is 6.92 Å². The molecule has 0 aromatic rings. The Hall–Kier alpha value is -0.340. The third-order valence-corrected chi connectivity index (χ3v) is 3.81. The lowest BCUT2D eigenvalue weighted by atomic mass is 9.86. The zero-order chi connectivity index (χ0) is 12.0. The molecule has 0 spiro atoms. The van der Waals surface area contributed by atoms with Crippen molar-refractivity contribution in [1.29, 1.82) is 0 Å². The van der Waals surface area contributed by atoms with Gasteiger partial charge in [0, 0.05) is 6.61 Å². The van der Waals surface area contributed by atoms with Crippen LogP contribution in [0.1, 0.15) is 59.3 Å². The van der Waals surface area contributed by atoms with Gasteiger partial charge in [-0.15, -0.1) is 0 Å². The summed E-state index contributed by atoms with van der Waals surface area (Å²) in [4.78, 5) is 0. The van der Waals surface area contributed by atoms with Crippen molar-refractivity contribution in [3.63, 3.8) is 0 Å². The lowest BCUT2D eigenvalue weighted by molar-refractivity contribution is -0.0391. The second-order valence-electron chi connectivity index (χ2n) is 4.96. The second-order valence-corrected chi connectivity index (χ2v) is 4.96. The van der Waals surface area contributed by atoms with Crippen molar-refractivity contribution in [1.82, 2.24) is 0 Å². The molecule has 16 heavy (non-hydrogen) atoms. The SMILES string of the molecule is CCOC(C)(CC)C(N)C1=CCCCCC1. The Kier molecular flexibility index (Phi) is 5.50. The van der Waals surface area contributed by atoms with E-state index in [0.717, 1.165) is 19.4 Å². The molecule has 0 radical (unpaired) electrons. The molecule has 2 N–H and O–H groups in total. The third-order valence-electron chi connectivity index (χ3n) is 3.81. The van der Waals surface area contributed by atoms with Crippen LogP contribution >= 0.6 is 0 Å². The Labute approximate surface area is 100 Å². The van der Waals surface area contributed by atoms with Crippen molar-refractivity contribution in [2.45, 2.75) is 70.9 Å². The summed E-state index contributed by atoms with van der Waals surface area (Å²) in [5.74, 6) is 0. The van der Waals surface area contributed by atoms with E-state index < -0.39 is 0 Å². The van der Waals surface area contributed by atoms with Crippen molar-refractivity contribution < 1.29 is 4.74 Å². The Morgan fingerprint density at radius 3 is 2.75 bits per heavy atom. The van der Waals surface area contributed by atoms with E-state index >= 15 is 0 Å². The van der Waals surface area contributed by atoms with Crippen LogP contribution in [0.3, 0.4) is 0 Å². The first kappa shape index (κ1) is 13.7. The maximum atomic E-state index is 6.40. The summed E-state index contributed by atoms with van der Waals surface area (Å²) >= 11 is 0. The summed E-state index contributed by atoms with van der Waals surface area (Å²) in [7, 11) is 0. The lowest BCUT2D eigenvalue weighted by Gasteiger charge is -2.36. The van der Waals surface area contributed by atoms with Gasteiger partial charge >= 0.3 is 0 Å². The Balaban J connectivity index is 2.72. The van der Waals surface area contributed by atoms with Gasteiger partial charge in [-0.25, -0.2) is 0 Å². The molecule has 0 aliphatic heterocycles. The van der Waals surface area contributed by atoms with E-state index in [-0.39, 0.29) is 11.6 Å². The van der Waals surface area contributed by atoms with Crippen LogP contribution in [-0.4, -0.2) is 18.2 Å². The molecule has 0 heterocycles. The minimum Gasteiger partial charge on any atom is -0.374 e. The number of allylic oxidation sites excluding steroid dienone is 1. The molecule has 1 aliphatic carbocycles. The third kappa shape index (κ3) is 3.33. The fourth-order valence-corrected chi connectivity index (χ4v) is 2.46. The van der Waals surface area contributed by atoms with Gasteiger partial charge in [0.15, 0.2) is 0 Å². The molecule has 0 aromatic heterocycles. The average molecular weight is 225 g/mol. The number of hydrogen-bond donors (Lipinski definition) is 1. The topological polar surface area (TPSA) is 35.2 Å². The first-order valence-electron chi connectivity index (χ1n) is 6.72. The van der Waals surface area contributed by atoms with Crippen molar-refractivity contribution in [2.75, 3.05) is 6.61 Å². The second kappa shape index (κ2) is 6.41. The highest BCUT2D eigenvalue weighted by atomic mass is 16.5. The van der Waals surface area contributed by atoms with Crippen LogP contribution in [0.4, 0.5) is 0 Å². The molecule has 2 atom stereocenters. The van der Waals surface area contributed by atoms with Crippen LogP contribution < -0.4 is 5.73 Å². The molecule has 0 amide bonds. The quantitative estimate of drug-likeness (QED) is 0.728. The lowest BCUT2D eigenvalue weighted by Crippen LogP contribution is -2.48. The zero-order valence-electron chi connectivity index (χ0n) is 11.1. The summed E-state index contributed by atoms with van der Waals surface area (Å²) in [6, 6.07) is 0.0653. The van der Waals surface area contributed by atoms with E-state index in [2.05, 4.69) is 19.9 Å². The van der Waals surface area contributed by atoms with Crippen LogP contribution in [0.25, 0.3) is 0 Å². The molecular formula is C14H27NO. The van der Waals surface area contributed by atoms with Gasteiger partial charge in [-0.2, -0.15) is 0 Å².